The number of hydrogen-bond donors (Lipinski definition) is 1. The molecule has 0 radical (unpaired) electrons. The van der Waals surface area contributed by atoms with E-state index in [-0.39, 0.29) is 18.3 Å². The molecule has 2 N–H and O–H groups in total. The number of carbonyl (C=O) groups is 1. The molecule has 1 aliphatic heterocycles. The van der Waals surface area contributed by atoms with Crippen LogP contribution in [0.25, 0.3) is 0 Å². The van der Waals surface area contributed by atoms with Gasteiger partial charge in [-0.2, -0.15) is 0 Å². The summed E-state index contributed by atoms with van der Waals surface area (Å²) < 4.78 is 0. The van der Waals surface area contributed by atoms with E-state index in [0.29, 0.717) is 0 Å². The highest BCUT2D eigenvalue weighted by Crippen LogP contribution is 2.16. The molecule has 1 aliphatic rings. The van der Waals surface area contributed by atoms with E-state index in [1.165, 1.54) is 12.8 Å². The maximum absolute atomic E-state index is 12.3. The normalized spacial score (nSPS) is 17.5. The smallest absolute Gasteiger partial charge is 0.244 e. The van der Waals surface area contributed by atoms with Gasteiger partial charge in [-0.25, -0.2) is 0 Å². The van der Waals surface area contributed by atoms with Crippen LogP contribution in [-0.2, 0) is 4.79 Å². The summed E-state index contributed by atoms with van der Waals surface area (Å²) in [5.41, 5.74) is 6.93. The fourth-order valence-electron chi connectivity index (χ4n) is 2.29. The zero-order chi connectivity index (χ0) is 12.1. The van der Waals surface area contributed by atoms with Crippen LogP contribution in [0.5, 0.6) is 0 Å². The van der Waals surface area contributed by atoms with Crippen molar-refractivity contribution in [3.63, 3.8) is 0 Å². The standard InChI is InChI=1S/C14H20N2O.ClH/c15-13(12-8-4-3-5-9-12)14(17)16-10-6-1-2-7-11-16;/h3-5,8-9,13H,1-2,6-7,10-11,15H2;1H. The van der Waals surface area contributed by atoms with Crippen LogP contribution in [0.1, 0.15) is 37.3 Å². The van der Waals surface area contributed by atoms with Crippen LogP contribution in [0.4, 0.5) is 0 Å². The Morgan fingerprint density at radius 3 is 2.17 bits per heavy atom. The van der Waals surface area contributed by atoms with Gasteiger partial charge < -0.3 is 10.6 Å². The Morgan fingerprint density at radius 2 is 1.61 bits per heavy atom. The van der Waals surface area contributed by atoms with Crippen molar-refractivity contribution in [3.05, 3.63) is 35.9 Å². The van der Waals surface area contributed by atoms with Crippen molar-refractivity contribution in [1.29, 1.82) is 0 Å². The molecule has 0 spiro atoms. The number of hydrogen-bond acceptors (Lipinski definition) is 2. The van der Waals surface area contributed by atoms with Gasteiger partial charge in [-0.15, -0.1) is 12.4 Å². The molecule has 1 aromatic carbocycles. The molecule has 1 aromatic rings. The van der Waals surface area contributed by atoms with Gasteiger partial charge in [0.1, 0.15) is 6.04 Å². The summed E-state index contributed by atoms with van der Waals surface area (Å²) in [6, 6.07) is 9.11. The number of benzene rings is 1. The van der Waals surface area contributed by atoms with Crippen molar-refractivity contribution in [1.82, 2.24) is 4.90 Å². The van der Waals surface area contributed by atoms with Crippen LogP contribution in [-0.4, -0.2) is 23.9 Å². The Hall–Kier alpha value is -1.06. The number of nitrogens with zero attached hydrogens (tertiary/aromatic N) is 1. The van der Waals surface area contributed by atoms with E-state index in [9.17, 15) is 4.79 Å². The second-order valence-electron chi connectivity index (χ2n) is 4.63. The molecule has 18 heavy (non-hydrogen) atoms. The minimum atomic E-state index is -0.505. The van der Waals surface area contributed by atoms with Gasteiger partial charge in [-0.05, 0) is 18.4 Å². The fraction of sp³-hybridized carbons (Fsp3) is 0.500. The van der Waals surface area contributed by atoms with E-state index >= 15 is 0 Å². The van der Waals surface area contributed by atoms with Gasteiger partial charge >= 0.3 is 0 Å². The van der Waals surface area contributed by atoms with E-state index in [1.54, 1.807) is 0 Å². The lowest BCUT2D eigenvalue weighted by Gasteiger charge is -2.24. The minimum Gasteiger partial charge on any atom is -0.341 e. The minimum absolute atomic E-state index is 0. The van der Waals surface area contributed by atoms with Crippen LogP contribution < -0.4 is 5.73 Å². The predicted molar refractivity (Wildman–Crippen MR) is 75.7 cm³/mol. The fourth-order valence-corrected chi connectivity index (χ4v) is 2.29. The van der Waals surface area contributed by atoms with E-state index in [4.69, 9.17) is 5.73 Å². The highest BCUT2D eigenvalue weighted by atomic mass is 35.5. The van der Waals surface area contributed by atoms with Crippen molar-refractivity contribution in [2.75, 3.05) is 13.1 Å². The lowest BCUT2D eigenvalue weighted by molar-refractivity contribution is -0.132. The lowest BCUT2D eigenvalue weighted by atomic mass is 10.1. The SMILES string of the molecule is Cl.NC(C(=O)N1CCCCCC1)c1ccccc1. The van der Waals surface area contributed by atoms with Gasteiger partial charge in [0.25, 0.3) is 0 Å². The van der Waals surface area contributed by atoms with E-state index in [1.807, 2.05) is 35.2 Å². The monoisotopic (exact) mass is 268 g/mol. The summed E-state index contributed by atoms with van der Waals surface area (Å²) >= 11 is 0. The number of nitrogens with two attached hydrogens (primary N) is 1. The molecular weight excluding hydrogens is 248 g/mol. The molecule has 0 bridgehead atoms. The first kappa shape index (κ1) is 15.0. The highest BCUT2D eigenvalue weighted by molar-refractivity contribution is 5.85. The van der Waals surface area contributed by atoms with Crippen LogP contribution >= 0.6 is 12.4 Å². The molecule has 1 heterocycles. The molecule has 4 heteroatoms. The molecule has 0 aromatic heterocycles. The second kappa shape index (κ2) is 7.39. The van der Waals surface area contributed by atoms with Crippen LogP contribution in [0.2, 0.25) is 0 Å². The zero-order valence-electron chi connectivity index (χ0n) is 10.5. The maximum Gasteiger partial charge on any atom is 0.244 e. The summed E-state index contributed by atoms with van der Waals surface area (Å²) in [6.07, 6.45) is 4.66. The molecule has 2 rings (SSSR count). The first-order valence-electron chi connectivity index (χ1n) is 6.38. The third-order valence-electron chi connectivity index (χ3n) is 3.34. The lowest BCUT2D eigenvalue weighted by Crippen LogP contribution is -2.39. The van der Waals surface area contributed by atoms with Crippen molar-refractivity contribution in [2.24, 2.45) is 5.73 Å². The van der Waals surface area contributed by atoms with Gasteiger partial charge in [0.15, 0.2) is 0 Å². The summed E-state index contributed by atoms with van der Waals surface area (Å²) in [5.74, 6) is 0.0677. The first-order chi connectivity index (χ1) is 8.29. The third-order valence-corrected chi connectivity index (χ3v) is 3.34. The Kier molecular flexibility index (Phi) is 6.16. The van der Waals surface area contributed by atoms with Crippen molar-refractivity contribution in [2.45, 2.75) is 31.7 Å². The molecule has 1 amide bonds. The first-order valence-corrected chi connectivity index (χ1v) is 6.38. The summed E-state index contributed by atoms with van der Waals surface area (Å²) in [7, 11) is 0. The van der Waals surface area contributed by atoms with Gasteiger partial charge in [0.2, 0.25) is 5.91 Å². The number of rotatable bonds is 2. The molecule has 1 saturated heterocycles. The topological polar surface area (TPSA) is 46.3 Å². The average molecular weight is 269 g/mol. The van der Waals surface area contributed by atoms with Crippen LogP contribution in [0.3, 0.4) is 0 Å². The van der Waals surface area contributed by atoms with Crippen molar-refractivity contribution < 1.29 is 4.79 Å². The Labute approximate surface area is 115 Å². The molecule has 0 aliphatic carbocycles. The maximum atomic E-state index is 12.3. The largest absolute Gasteiger partial charge is 0.341 e. The van der Waals surface area contributed by atoms with Gasteiger partial charge in [0.05, 0.1) is 0 Å². The Bertz CT molecular complexity index is 361. The quantitative estimate of drug-likeness (QED) is 0.896. The van der Waals surface area contributed by atoms with Gasteiger partial charge in [0, 0.05) is 13.1 Å². The van der Waals surface area contributed by atoms with Crippen molar-refractivity contribution in [3.8, 4) is 0 Å². The highest BCUT2D eigenvalue weighted by Gasteiger charge is 2.22. The van der Waals surface area contributed by atoms with Crippen LogP contribution in [0, 0.1) is 0 Å². The Balaban J connectivity index is 0.00000162. The van der Waals surface area contributed by atoms with Crippen LogP contribution in [0.15, 0.2) is 30.3 Å². The zero-order valence-corrected chi connectivity index (χ0v) is 11.4. The summed E-state index contributed by atoms with van der Waals surface area (Å²) in [5, 5.41) is 0. The predicted octanol–water partition coefficient (Wildman–Crippen LogP) is 2.51. The van der Waals surface area contributed by atoms with Gasteiger partial charge in [-0.1, -0.05) is 43.2 Å². The number of carbonyl (C=O) groups excluding carboxylic acids is 1. The average Bonchev–Trinajstić information content (AvgIpc) is 2.67. The summed E-state index contributed by atoms with van der Waals surface area (Å²) in [4.78, 5) is 14.2. The molecular formula is C14H21ClN2O. The Morgan fingerprint density at radius 1 is 1.06 bits per heavy atom. The second-order valence-corrected chi connectivity index (χ2v) is 4.63. The molecule has 3 nitrogen and oxygen atoms in total. The molecule has 1 fully saturated rings. The number of likely N-dealkylation sites (tertiary alicyclic amines) is 1. The molecule has 1 unspecified atom stereocenters. The van der Waals surface area contributed by atoms with E-state index in [0.717, 1.165) is 31.5 Å². The molecule has 1 atom stereocenters. The molecule has 0 saturated carbocycles. The number of amides is 1. The van der Waals surface area contributed by atoms with Gasteiger partial charge in [-0.3, -0.25) is 4.79 Å². The molecule has 100 valence electrons. The van der Waals surface area contributed by atoms with Crippen molar-refractivity contribution >= 4 is 18.3 Å². The summed E-state index contributed by atoms with van der Waals surface area (Å²) in [6.45, 7) is 1.72. The van der Waals surface area contributed by atoms with E-state index < -0.39 is 6.04 Å². The van der Waals surface area contributed by atoms with E-state index in [2.05, 4.69) is 0 Å². The third kappa shape index (κ3) is 3.72. The number of halogens is 1.